The molecule has 0 aliphatic carbocycles. The molecule has 1 fully saturated rings. The lowest BCUT2D eigenvalue weighted by molar-refractivity contribution is -0.121. The maximum absolute atomic E-state index is 12.3. The summed E-state index contributed by atoms with van der Waals surface area (Å²) in [5.41, 5.74) is 0.737. The van der Waals surface area contributed by atoms with Gasteiger partial charge in [-0.15, -0.1) is 0 Å². The molecule has 20 heavy (non-hydrogen) atoms. The van der Waals surface area contributed by atoms with Gasteiger partial charge in [0.15, 0.2) is 0 Å². The first kappa shape index (κ1) is 15.3. The van der Waals surface area contributed by atoms with Gasteiger partial charge in [0.25, 0.3) is 5.91 Å². The van der Waals surface area contributed by atoms with Gasteiger partial charge in [-0.3, -0.25) is 9.59 Å². The summed E-state index contributed by atoms with van der Waals surface area (Å²) in [5.74, 6) is 0.175. The molecule has 1 saturated heterocycles. The fraction of sp³-hybridized carbons (Fsp3) is 0.467. The van der Waals surface area contributed by atoms with Gasteiger partial charge in [0.05, 0.1) is 0 Å². The number of hydrogen-bond acceptors (Lipinski definition) is 2. The third-order valence-corrected chi connectivity index (χ3v) is 4.28. The first-order chi connectivity index (χ1) is 9.60. The zero-order valence-corrected chi connectivity index (χ0v) is 13.7. The van der Waals surface area contributed by atoms with Crippen molar-refractivity contribution in [2.24, 2.45) is 0 Å². The molecule has 1 heterocycles. The second kappa shape index (κ2) is 7.06. The number of halogens is 1. The average molecular weight is 386 g/mol. The van der Waals surface area contributed by atoms with Crippen LogP contribution >= 0.6 is 22.6 Å². The van der Waals surface area contributed by atoms with E-state index in [2.05, 4.69) is 27.9 Å². The van der Waals surface area contributed by atoms with E-state index in [1.807, 2.05) is 36.1 Å². The highest BCUT2D eigenvalue weighted by molar-refractivity contribution is 14.1. The third-order valence-electron chi connectivity index (χ3n) is 3.56. The molecule has 0 atom stereocenters. The fourth-order valence-electron chi connectivity index (χ4n) is 2.33. The van der Waals surface area contributed by atoms with Crippen LogP contribution in [-0.4, -0.2) is 35.8 Å². The summed E-state index contributed by atoms with van der Waals surface area (Å²) in [6.07, 6.45) is 2.19. The van der Waals surface area contributed by atoms with Gasteiger partial charge >= 0.3 is 0 Å². The maximum Gasteiger partial charge on any atom is 0.253 e. The smallest absolute Gasteiger partial charge is 0.253 e. The number of carbonyl (C=O) groups excluding carboxylic acids is 2. The topological polar surface area (TPSA) is 49.4 Å². The number of likely N-dealkylation sites (tertiary alicyclic amines) is 1. The zero-order chi connectivity index (χ0) is 14.5. The molecule has 1 aliphatic rings. The van der Waals surface area contributed by atoms with Gasteiger partial charge in [-0.05, 0) is 59.7 Å². The molecule has 108 valence electrons. The lowest BCUT2D eigenvalue weighted by atomic mass is 10.0. The quantitative estimate of drug-likeness (QED) is 0.812. The van der Waals surface area contributed by atoms with Crippen molar-refractivity contribution < 1.29 is 9.59 Å². The summed E-state index contributed by atoms with van der Waals surface area (Å²) in [4.78, 5) is 25.6. The predicted octanol–water partition coefficient (Wildman–Crippen LogP) is 2.42. The van der Waals surface area contributed by atoms with Crippen LogP contribution in [0.3, 0.4) is 0 Å². The Balaban J connectivity index is 1.88. The van der Waals surface area contributed by atoms with Crippen molar-refractivity contribution in [3.63, 3.8) is 0 Å². The van der Waals surface area contributed by atoms with Crippen molar-refractivity contribution in [1.29, 1.82) is 0 Å². The number of benzene rings is 1. The van der Waals surface area contributed by atoms with E-state index in [9.17, 15) is 9.59 Å². The Bertz CT molecular complexity index is 479. The van der Waals surface area contributed by atoms with Crippen LogP contribution < -0.4 is 5.32 Å². The zero-order valence-electron chi connectivity index (χ0n) is 11.6. The molecule has 0 aromatic heterocycles. The molecule has 2 amide bonds. The Labute approximate surface area is 133 Å². The van der Waals surface area contributed by atoms with Gasteiger partial charge in [-0.1, -0.05) is 6.92 Å². The number of nitrogens with zero attached hydrogens (tertiary/aromatic N) is 1. The molecule has 5 heteroatoms. The van der Waals surface area contributed by atoms with E-state index in [0.29, 0.717) is 19.5 Å². The summed E-state index contributed by atoms with van der Waals surface area (Å²) in [6.45, 7) is 3.27. The first-order valence-corrected chi connectivity index (χ1v) is 8.02. The largest absolute Gasteiger partial charge is 0.353 e. The summed E-state index contributed by atoms with van der Waals surface area (Å²) in [5, 5.41) is 3.00. The Hall–Kier alpha value is -1.11. The van der Waals surface area contributed by atoms with E-state index in [-0.39, 0.29) is 17.9 Å². The van der Waals surface area contributed by atoms with Crippen molar-refractivity contribution >= 4 is 34.4 Å². The lowest BCUT2D eigenvalue weighted by Gasteiger charge is -2.32. The molecule has 0 saturated carbocycles. The van der Waals surface area contributed by atoms with Crippen LogP contribution in [0.4, 0.5) is 0 Å². The molecule has 0 unspecified atom stereocenters. The van der Waals surface area contributed by atoms with E-state index in [0.717, 1.165) is 22.0 Å². The van der Waals surface area contributed by atoms with E-state index in [1.54, 1.807) is 0 Å². The van der Waals surface area contributed by atoms with Gasteiger partial charge < -0.3 is 10.2 Å². The van der Waals surface area contributed by atoms with Crippen molar-refractivity contribution in [2.75, 3.05) is 13.1 Å². The van der Waals surface area contributed by atoms with Crippen LogP contribution in [-0.2, 0) is 4.79 Å². The standard InChI is InChI=1S/C15H19IN2O2/c1-2-14(19)17-13-7-9-18(10-8-13)15(20)11-3-5-12(16)6-4-11/h3-6,13H,2,7-10H2,1H3,(H,17,19). The van der Waals surface area contributed by atoms with E-state index >= 15 is 0 Å². The van der Waals surface area contributed by atoms with Crippen LogP contribution in [0, 0.1) is 3.57 Å². The monoisotopic (exact) mass is 386 g/mol. The minimum Gasteiger partial charge on any atom is -0.353 e. The normalized spacial score (nSPS) is 16.0. The molecule has 4 nitrogen and oxygen atoms in total. The summed E-state index contributed by atoms with van der Waals surface area (Å²) < 4.78 is 1.13. The Kier molecular flexibility index (Phi) is 5.39. The van der Waals surface area contributed by atoms with Crippen molar-refractivity contribution in [3.05, 3.63) is 33.4 Å². The van der Waals surface area contributed by atoms with Gasteiger partial charge in [0.1, 0.15) is 0 Å². The third kappa shape index (κ3) is 3.94. The Morgan fingerprint density at radius 3 is 2.40 bits per heavy atom. The van der Waals surface area contributed by atoms with Gasteiger partial charge in [0, 0.05) is 34.7 Å². The number of nitrogens with one attached hydrogen (secondary N) is 1. The lowest BCUT2D eigenvalue weighted by Crippen LogP contribution is -2.46. The molecular formula is C15H19IN2O2. The SMILES string of the molecule is CCC(=O)NC1CCN(C(=O)c2ccc(I)cc2)CC1. The molecule has 0 radical (unpaired) electrons. The second-order valence-corrected chi connectivity index (χ2v) is 6.24. The van der Waals surface area contributed by atoms with Gasteiger partial charge in [-0.25, -0.2) is 0 Å². The van der Waals surface area contributed by atoms with E-state index in [1.165, 1.54) is 0 Å². The fourth-order valence-corrected chi connectivity index (χ4v) is 2.69. The highest BCUT2D eigenvalue weighted by Crippen LogP contribution is 2.15. The van der Waals surface area contributed by atoms with Gasteiger partial charge in [0.2, 0.25) is 5.91 Å². The molecule has 1 N–H and O–H groups in total. The minimum atomic E-state index is 0.0849. The first-order valence-electron chi connectivity index (χ1n) is 6.94. The number of hydrogen-bond donors (Lipinski definition) is 1. The highest BCUT2D eigenvalue weighted by atomic mass is 127. The summed E-state index contributed by atoms with van der Waals surface area (Å²) in [6, 6.07) is 7.84. The molecule has 1 aliphatic heterocycles. The highest BCUT2D eigenvalue weighted by Gasteiger charge is 2.24. The Morgan fingerprint density at radius 1 is 1.25 bits per heavy atom. The summed E-state index contributed by atoms with van der Waals surface area (Å²) in [7, 11) is 0. The maximum atomic E-state index is 12.3. The van der Waals surface area contributed by atoms with Gasteiger partial charge in [-0.2, -0.15) is 0 Å². The van der Waals surface area contributed by atoms with Crippen LogP contribution in [0.25, 0.3) is 0 Å². The van der Waals surface area contributed by atoms with Crippen molar-refractivity contribution in [2.45, 2.75) is 32.2 Å². The molecule has 0 spiro atoms. The van der Waals surface area contributed by atoms with Crippen LogP contribution in [0.1, 0.15) is 36.5 Å². The van der Waals surface area contributed by atoms with E-state index in [4.69, 9.17) is 0 Å². The van der Waals surface area contributed by atoms with Crippen molar-refractivity contribution in [1.82, 2.24) is 10.2 Å². The molecule has 0 bridgehead atoms. The second-order valence-electron chi connectivity index (χ2n) is 4.99. The molecular weight excluding hydrogens is 367 g/mol. The van der Waals surface area contributed by atoms with Crippen molar-refractivity contribution in [3.8, 4) is 0 Å². The average Bonchev–Trinajstić information content (AvgIpc) is 2.48. The number of rotatable bonds is 3. The summed E-state index contributed by atoms with van der Waals surface area (Å²) >= 11 is 2.23. The number of piperidine rings is 1. The molecule has 2 rings (SSSR count). The van der Waals surface area contributed by atoms with Crippen LogP contribution in [0.2, 0.25) is 0 Å². The Morgan fingerprint density at radius 2 is 1.85 bits per heavy atom. The van der Waals surface area contributed by atoms with Crippen LogP contribution in [0.5, 0.6) is 0 Å². The number of amides is 2. The van der Waals surface area contributed by atoms with E-state index < -0.39 is 0 Å². The van der Waals surface area contributed by atoms with Crippen LogP contribution in [0.15, 0.2) is 24.3 Å². The minimum absolute atomic E-state index is 0.0849. The predicted molar refractivity (Wildman–Crippen MR) is 86.5 cm³/mol. The molecule has 1 aromatic rings. The number of carbonyl (C=O) groups is 2. The molecule has 1 aromatic carbocycles.